The first-order valence-corrected chi connectivity index (χ1v) is 9.03. The van der Waals surface area contributed by atoms with Crippen molar-refractivity contribution in [2.75, 3.05) is 24.6 Å². The van der Waals surface area contributed by atoms with Crippen molar-refractivity contribution >= 4 is 5.82 Å². The fourth-order valence-corrected chi connectivity index (χ4v) is 3.85. The summed E-state index contributed by atoms with van der Waals surface area (Å²) >= 11 is 0. The van der Waals surface area contributed by atoms with Crippen LogP contribution >= 0.6 is 0 Å². The molecule has 0 bridgehead atoms. The lowest BCUT2D eigenvalue weighted by molar-refractivity contribution is -0.116. The lowest BCUT2D eigenvalue weighted by atomic mass is 9.64. The van der Waals surface area contributed by atoms with E-state index in [1.54, 1.807) is 6.20 Å². The zero-order valence-electron chi connectivity index (χ0n) is 15.0. The molecule has 2 unspecified atom stereocenters. The molecule has 2 fully saturated rings. The summed E-state index contributed by atoms with van der Waals surface area (Å²) < 4.78 is 5.83. The van der Waals surface area contributed by atoms with E-state index in [9.17, 15) is 0 Å². The van der Waals surface area contributed by atoms with Crippen LogP contribution in [0.15, 0.2) is 18.3 Å². The molecular weight excluding hydrogens is 300 g/mol. The number of anilines is 1. The van der Waals surface area contributed by atoms with Crippen molar-refractivity contribution < 1.29 is 4.74 Å². The van der Waals surface area contributed by atoms with Crippen LogP contribution in [-0.2, 0) is 4.74 Å². The Morgan fingerprint density at radius 1 is 1.38 bits per heavy atom. The molecule has 1 aromatic rings. The van der Waals surface area contributed by atoms with Gasteiger partial charge >= 0.3 is 0 Å². The lowest BCUT2D eigenvalue weighted by Crippen LogP contribution is -2.63. The van der Waals surface area contributed by atoms with Crippen LogP contribution in [0.25, 0.3) is 0 Å². The Kier molecular flexibility index (Phi) is 5.07. The van der Waals surface area contributed by atoms with Gasteiger partial charge in [-0.05, 0) is 38.3 Å². The van der Waals surface area contributed by atoms with Crippen LogP contribution in [0.5, 0.6) is 0 Å². The molecule has 2 aliphatic rings. The molecule has 1 saturated carbocycles. The first-order valence-electron chi connectivity index (χ1n) is 9.03. The highest BCUT2D eigenvalue weighted by atomic mass is 16.5. The van der Waals surface area contributed by atoms with Gasteiger partial charge in [0, 0.05) is 43.4 Å². The molecule has 2 heterocycles. The van der Waals surface area contributed by atoms with E-state index in [2.05, 4.69) is 42.0 Å². The Labute approximate surface area is 145 Å². The highest BCUT2D eigenvalue weighted by molar-refractivity contribution is 5.42. The summed E-state index contributed by atoms with van der Waals surface area (Å²) in [6.45, 7) is 9.52. The van der Waals surface area contributed by atoms with Gasteiger partial charge in [-0.15, -0.1) is 0 Å². The summed E-state index contributed by atoms with van der Waals surface area (Å²) in [5.41, 5.74) is 0.841. The molecule has 0 aromatic carbocycles. The second-order valence-corrected chi connectivity index (χ2v) is 7.50. The van der Waals surface area contributed by atoms with Crippen LogP contribution in [0.3, 0.4) is 0 Å². The Morgan fingerprint density at radius 2 is 2.12 bits per heavy atom. The van der Waals surface area contributed by atoms with E-state index < -0.39 is 0 Å². The molecule has 1 aliphatic carbocycles. The van der Waals surface area contributed by atoms with E-state index in [-0.39, 0.29) is 5.41 Å². The molecule has 1 saturated heterocycles. The van der Waals surface area contributed by atoms with Crippen LogP contribution in [0.1, 0.15) is 45.6 Å². The van der Waals surface area contributed by atoms with E-state index in [0.717, 1.165) is 44.8 Å². The number of pyridine rings is 1. The number of hydrogen-bond donors (Lipinski definition) is 1. The van der Waals surface area contributed by atoms with Gasteiger partial charge in [0.1, 0.15) is 11.9 Å². The Bertz CT molecular complexity index is 584. The fraction of sp³-hybridized carbons (Fsp3) is 0.684. The molecule has 130 valence electrons. The van der Waals surface area contributed by atoms with Crippen LogP contribution in [-0.4, -0.2) is 42.9 Å². The maximum Gasteiger partial charge on any atom is 0.128 e. The van der Waals surface area contributed by atoms with Gasteiger partial charge in [0.05, 0.1) is 11.7 Å². The summed E-state index contributed by atoms with van der Waals surface area (Å²) in [5.74, 6) is 0.979. The van der Waals surface area contributed by atoms with E-state index in [1.165, 1.54) is 0 Å². The molecule has 3 rings (SSSR count). The van der Waals surface area contributed by atoms with E-state index in [1.807, 2.05) is 12.1 Å². The smallest absolute Gasteiger partial charge is 0.128 e. The third-order valence-electron chi connectivity index (χ3n) is 5.68. The number of ether oxygens (including phenoxy) is 1. The van der Waals surface area contributed by atoms with Gasteiger partial charge in [0.15, 0.2) is 0 Å². The van der Waals surface area contributed by atoms with Crippen molar-refractivity contribution in [3.8, 4) is 6.07 Å². The average Bonchev–Trinajstić information content (AvgIpc) is 2.61. The van der Waals surface area contributed by atoms with E-state index in [4.69, 9.17) is 10.00 Å². The minimum absolute atomic E-state index is 0.224. The number of hydrogen-bond acceptors (Lipinski definition) is 5. The highest BCUT2D eigenvalue weighted by Gasteiger charge is 2.49. The van der Waals surface area contributed by atoms with Gasteiger partial charge in [0.25, 0.3) is 0 Å². The summed E-state index contributed by atoms with van der Waals surface area (Å²) in [7, 11) is 0. The first kappa shape index (κ1) is 17.2. The van der Waals surface area contributed by atoms with Gasteiger partial charge in [0.2, 0.25) is 0 Å². The molecule has 1 aromatic heterocycles. The molecule has 1 N–H and O–H groups in total. The van der Waals surface area contributed by atoms with Gasteiger partial charge in [-0.3, -0.25) is 0 Å². The predicted molar refractivity (Wildman–Crippen MR) is 94.9 cm³/mol. The maximum absolute atomic E-state index is 8.86. The Hall–Kier alpha value is -1.64. The van der Waals surface area contributed by atoms with E-state index >= 15 is 0 Å². The molecule has 5 heteroatoms. The van der Waals surface area contributed by atoms with Crippen molar-refractivity contribution in [2.45, 2.75) is 58.2 Å². The SMILES string of the molecule is CCOC1CC(NC2CCN(c3ccc(C#N)cn3)CC2)C1(C)C. The van der Waals surface area contributed by atoms with Crippen molar-refractivity contribution in [1.82, 2.24) is 10.3 Å². The number of nitrogens with zero attached hydrogens (tertiary/aromatic N) is 3. The summed E-state index contributed by atoms with van der Waals surface area (Å²) in [6.07, 6.45) is 5.44. The molecule has 0 amide bonds. The van der Waals surface area contributed by atoms with Crippen molar-refractivity contribution in [1.29, 1.82) is 5.26 Å². The molecule has 0 spiro atoms. The van der Waals surface area contributed by atoms with Crippen LogP contribution < -0.4 is 10.2 Å². The number of nitrogens with one attached hydrogen (secondary N) is 1. The zero-order valence-corrected chi connectivity index (χ0v) is 15.0. The number of piperidine rings is 1. The third kappa shape index (κ3) is 3.40. The van der Waals surface area contributed by atoms with Gasteiger partial charge < -0.3 is 15.0 Å². The second-order valence-electron chi connectivity index (χ2n) is 7.50. The number of rotatable bonds is 5. The molecular formula is C19H28N4O. The Balaban J connectivity index is 1.48. The molecule has 24 heavy (non-hydrogen) atoms. The minimum atomic E-state index is 0.224. The number of aromatic nitrogens is 1. The maximum atomic E-state index is 8.86. The van der Waals surface area contributed by atoms with Crippen LogP contribution in [0, 0.1) is 16.7 Å². The van der Waals surface area contributed by atoms with Crippen molar-refractivity contribution in [3.63, 3.8) is 0 Å². The fourth-order valence-electron chi connectivity index (χ4n) is 3.85. The largest absolute Gasteiger partial charge is 0.378 e. The summed E-state index contributed by atoms with van der Waals surface area (Å²) in [4.78, 5) is 6.72. The average molecular weight is 328 g/mol. The zero-order chi connectivity index (χ0) is 17.2. The normalized spacial score (nSPS) is 26.7. The standard InChI is InChI=1S/C19H28N4O/c1-4-24-17-11-16(19(17,2)3)22-15-7-9-23(10-8-15)18-6-5-14(12-20)13-21-18/h5-6,13,15-17,22H,4,7-11H2,1-3H3. The first-order chi connectivity index (χ1) is 11.5. The second kappa shape index (κ2) is 7.08. The predicted octanol–water partition coefficient (Wildman–Crippen LogP) is 2.72. The van der Waals surface area contributed by atoms with Crippen LogP contribution in [0.4, 0.5) is 5.82 Å². The Morgan fingerprint density at radius 3 is 2.67 bits per heavy atom. The molecule has 2 atom stereocenters. The van der Waals surface area contributed by atoms with E-state index in [0.29, 0.717) is 23.8 Å². The van der Waals surface area contributed by atoms with Crippen molar-refractivity contribution in [3.05, 3.63) is 23.9 Å². The molecule has 5 nitrogen and oxygen atoms in total. The van der Waals surface area contributed by atoms with Gasteiger partial charge in [-0.25, -0.2) is 4.98 Å². The molecule has 0 radical (unpaired) electrons. The lowest BCUT2D eigenvalue weighted by Gasteiger charge is -2.53. The van der Waals surface area contributed by atoms with Crippen molar-refractivity contribution in [2.24, 2.45) is 5.41 Å². The highest BCUT2D eigenvalue weighted by Crippen LogP contribution is 2.43. The third-order valence-corrected chi connectivity index (χ3v) is 5.68. The topological polar surface area (TPSA) is 61.2 Å². The van der Waals surface area contributed by atoms with Gasteiger partial charge in [-0.1, -0.05) is 13.8 Å². The minimum Gasteiger partial charge on any atom is -0.378 e. The molecule has 1 aliphatic heterocycles. The number of nitriles is 1. The van der Waals surface area contributed by atoms with Gasteiger partial charge in [-0.2, -0.15) is 5.26 Å². The quantitative estimate of drug-likeness (QED) is 0.900. The summed E-state index contributed by atoms with van der Waals surface area (Å²) in [5, 5.41) is 12.7. The van der Waals surface area contributed by atoms with Crippen LogP contribution in [0.2, 0.25) is 0 Å². The summed E-state index contributed by atoms with van der Waals surface area (Å²) in [6, 6.07) is 7.04. The monoisotopic (exact) mass is 328 g/mol.